The van der Waals surface area contributed by atoms with Gasteiger partial charge >= 0.3 is 0 Å². The fraction of sp³-hybridized carbons (Fsp3) is 0.652. The highest BCUT2D eigenvalue weighted by molar-refractivity contribution is 5.21. The van der Waals surface area contributed by atoms with Crippen LogP contribution in [0, 0.1) is 5.92 Å². The monoisotopic (exact) mass is 365 g/mol. The number of aryl methyl sites for hydroxylation is 1. The quantitative estimate of drug-likeness (QED) is 0.750. The minimum absolute atomic E-state index is 0.219. The lowest BCUT2D eigenvalue weighted by Crippen LogP contribution is -2.38. The van der Waals surface area contributed by atoms with Gasteiger partial charge < -0.3 is 9.30 Å². The molecule has 3 aliphatic rings. The zero-order valence-corrected chi connectivity index (χ0v) is 16.3. The Bertz CT molecular complexity index is 757. The van der Waals surface area contributed by atoms with Gasteiger partial charge in [-0.05, 0) is 68.8 Å². The van der Waals surface area contributed by atoms with E-state index >= 15 is 0 Å². The second-order valence-electron chi connectivity index (χ2n) is 8.84. The van der Waals surface area contributed by atoms with Gasteiger partial charge in [-0.1, -0.05) is 36.8 Å². The topological polar surface area (TPSA) is 39.9 Å². The molecule has 1 aliphatic heterocycles. The van der Waals surface area contributed by atoms with Crippen LogP contribution in [0.15, 0.2) is 30.3 Å². The van der Waals surface area contributed by atoms with Crippen LogP contribution in [0.5, 0.6) is 0 Å². The van der Waals surface area contributed by atoms with Crippen LogP contribution in [0.2, 0.25) is 0 Å². The number of rotatable bonds is 5. The van der Waals surface area contributed by atoms with Crippen LogP contribution >= 0.6 is 0 Å². The number of hydrogen-bond acceptors (Lipinski definition) is 3. The van der Waals surface area contributed by atoms with E-state index in [2.05, 4.69) is 40.0 Å². The first-order chi connectivity index (χ1) is 13.3. The normalized spacial score (nSPS) is 28.5. The molecule has 2 aromatic rings. The number of ether oxygens (including phenoxy) is 1. The lowest BCUT2D eigenvalue weighted by molar-refractivity contribution is -0.0916. The summed E-state index contributed by atoms with van der Waals surface area (Å²) >= 11 is 0. The second-order valence-corrected chi connectivity index (χ2v) is 8.84. The van der Waals surface area contributed by atoms with Crippen molar-refractivity contribution >= 4 is 0 Å². The minimum Gasteiger partial charge on any atom is -0.367 e. The summed E-state index contributed by atoms with van der Waals surface area (Å²) in [6.45, 7) is 1.96. The third-order valence-corrected chi connectivity index (χ3v) is 6.87. The molecule has 0 spiro atoms. The molecule has 1 aromatic carbocycles. The maximum absolute atomic E-state index is 6.71. The second kappa shape index (κ2) is 7.38. The standard InChI is InChI=1S/C23H31N3O/c1-3-7-19(8-4-1)20-12-14-23(15-13-20,27-17-18-10-11-18)22-25-24-21-9-5-2-6-16-26(21)22/h1,3-4,7-8,18,20H,2,5-6,9-17H2. The van der Waals surface area contributed by atoms with E-state index in [0.29, 0.717) is 5.92 Å². The summed E-state index contributed by atoms with van der Waals surface area (Å²) in [6, 6.07) is 11.0. The number of benzene rings is 1. The van der Waals surface area contributed by atoms with Gasteiger partial charge in [-0.15, -0.1) is 10.2 Å². The largest absolute Gasteiger partial charge is 0.367 e. The highest BCUT2D eigenvalue weighted by atomic mass is 16.5. The van der Waals surface area contributed by atoms with Gasteiger partial charge in [0.05, 0.1) is 6.61 Å². The Labute approximate surface area is 162 Å². The molecule has 27 heavy (non-hydrogen) atoms. The van der Waals surface area contributed by atoms with Crippen LogP contribution in [0.3, 0.4) is 0 Å². The van der Waals surface area contributed by atoms with Crippen LogP contribution in [-0.2, 0) is 23.3 Å². The molecule has 0 radical (unpaired) electrons. The number of nitrogens with zero attached hydrogens (tertiary/aromatic N) is 3. The maximum atomic E-state index is 6.71. The van der Waals surface area contributed by atoms with Crippen molar-refractivity contribution in [1.82, 2.24) is 14.8 Å². The molecule has 0 amide bonds. The van der Waals surface area contributed by atoms with Crippen molar-refractivity contribution in [3.8, 4) is 0 Å². The van der Waals surface area contributed by atoms with E-state index in [1.807, 2.05) is 0 Å². The summed E-state index contributed by atoms with van der Waals surface area (Å²) in [5, 5.41) is 9.31. The van der Waals surface area contributed by atoms with Crippen LogP contribution in [0.25, 0.3) is 0 Å². The third-order valence-electron chi connectivity index (χ3n) is 6.87. The molecule has 0 bridgehead atoms. The Balaban J connectivity index is 1.40. The summed E-state index contributed by atoms with van der Waals surface area (Å²) in [5.74, 6) is 3.74. The summed E-state index contributed by atoms with van der Waals surface area (Å²) in [7, 11) is 0. The third kappa shape index (κ3) is 3.56. The van der Waals surface area contributed by atoms with Crippen molar-refractivity contribution in [2.75, 3.05) is 6.61 Å². The molecule has 2 aliphatic carbocycles. The van der Waals surface area contributed by atoms with Crippen molar-refractivity contribution in [2.45, 2.75) is 82.3 Å². The van der Waals surface area contributed by atoms with Gasteiger partial charge in [0.15, 0.2) is 5.82 Å². The number of fused-ring (bicyclic) bond motifs is 1. The van der Waals surface area contributed by atoms with Gasteiger partial charge in [0, 0.05) is 13.0 Å². The first-order valence-corrected chi connectivity index (χ1v) is 11.0. The lowest BCUT2D eigenvalue weighted by Gasteiger charge is -2.39. The molecule has 2 heterocycles. The Morgan fingerprint density at radius 3 is 2.56 bits per heavy atom. The van der Waals surface area contributed by atoms with Crippen LogP contribution < -0.4 is 0 Å². The molecule has 0 atom stereocenters. The summed E-state index contributed by atoms with van der Waals surface area (Å²) in [5.41, 5.74) is 1.26. The predicted molar refractivity (Wildman–Crippen MR) is 106 cm³/mol. The van der Waals surface area contributed by atoms with E-state index in [1.165, 1.54) is 56.3 Å². The van der Waals surface area contributed by atoms with Gasteiger partial charge in [-0.25, -0.2) is 0 Å². The van der Waals surface area contributed by atoms with E-state index in [4.69, 9.17) is 9.84 Å². The Kier molecular flexibility index (Phi) is 4.76. The fourth-order valence-electron chi connectivity index (χ4n) is 4.96. The minimum atomic E-state index is -0.219. The molecule has 0 saturated heterocycles. The van der Waals surface area contributed by atoms with Gasteiger partial charge in [-0.2, -0.15) is 0 Å². The zero-order chi connectivity index (χ0) is 18.1. The summed E-state index contributed by atoms with van der Waals surface area (Å²) in [6.07, 6.45) is 12.0. The number of aromatic nitrogens is 3. The molecule has 0 unspecified atom stereocenters. The molecule has 2 fully saturated rings. The molecular formula is C23H31N3O. The van der Waals surface area contributed by atoms with E-state index in [1.54, 1.807) is 0 Å². The van der Waals surface area contributed by atoms with Crippen LogP contribution in [0.4, 0.5) is 0 Å². The van der Waals surface area contributed by atoms with E-state index in [9.17, 15) is 0 Å². The zero-order valence-electron chi connectivity index (χ0n) is 16.3. The lowest BCUT2D eigenvalue weighted by atomic mass is 9.75. The van der Waals surface area contributed by atoms with Crippen molar-refractivity contribution in [3.05, 3.63) is 47.5 Å². The Morgan fingerprint density at radius 2 is 1.78 bits per heavy atom. The average Bonchev–Trinajstić information content (AvgIpc) is 3.51. The van der Waals surface area contributed by atoms with Crippen LogP contribution in [0.1, 0.15) is 80.9 Å². The highest BCUT2D eigenvalue weighted by Gasteiger charge is 2.43. The molecule has 1 aromatic heterocycles. The van der Waals surface area contributed by atoms with E-state index < -0.39 is 0 Å². The highest BCUT2D eigenvalue weighted by Crippen LogP contribution is 2.46. The first-order valence-electron chi connectivity index (χ1n) is 11.0. The van der Waals surface area contributed by atoms with E-state index in [-0.39, 0.29) is 5.60 Å². The van der Waals surface area contributed by atoms with Crippen molar-refractivity contribution in [2.24, 2.45) is 5.92 Å². The molecule has 0 N–H and O–H groups in total. The SMILES string of the molecule is c1ccc(C2CCC(OCC3CC3)(c3nnc4n3CCCCC4)CC2)cc1. The fourth-order valence-corrected chi connectivity index (χ4v) is 4.96. The molecular weight excluding hydrogens is 334 g/mol. The van der Waals surface area contributed by atoms with Gasteiger partial charge in [0.25, 0.3) is 0 Å². The molecule has 144 valence electrons. The molecule has 2 saturated carbocycles. The van der Waals surface area contributed by atoms with Crippen molar-refractivity contribution in [1.29, 1.82) is 0 Å². The smallest absolute Gasteiger partial charge is 0.165 e. The van der Waals surface area contributed by atoms with Gasteiger partial charge in [0.1, 0.15) is 11.4 Å². The average molecular weight is 366 g/mol. The number of hydrogen-bond donors (Lipinski definition) is 0. The van der Waals surface area contributed by atoms with Gasteiger partial charge in [-0.3, -0.25) is 0 Å². The van der Waals surface area contributed by atoms with Crippen molar-refractivity contribution in [3.63, 3.8) is 0 Å². The van der Waals surface area contributed by atoms with Crippen molar-refractivity contribution < 1.29 is 4.74 Å². The summed E-state index contributed by atoms with van der Waals surface area (Å²) < 4.78 is 9.13. The maximum Gasteiger partial charge on any atom is 0.165 e. The van der Waals surface area contributed by atoms with Gasteiger partial charge in [0.2, 0.25) is 0 Å². The summed E-state index contributed by atoms with van der Waals surface area (Å²) in [4.78, 5) is 0. The predicted octanol–water partition coefficient (Wildman–Crippen LogP) is 4.98. The van der Waals surface area contributed by atoms with E-state index in [0.717, 1.165) is 44.2 Å². The molecule has 4 nitrogen and oxygen atoms in total. The Hall–Kier alpha value is -1.68. The molecule has 5 rings (SSSR count). The Morgan fingerprint density at radius 1 is 0.963 bits per heavy atom. The molecule has 4 heteroatoms. The van der Waals surface area contributed by atoms with Crippen LogP contribution in [-0.4, -0.2) is 21.4 Å². The first kappa shape index (κ1) is 17.4.